The monoisotopic (exact) mass is 534 g/mol. The maximum Gasteiger partial charge on any atom is 0.256 e. The van der Waals surface area contributed by atoms with Gasteiger partial charge in [0.15, 0.2) is 0 Å². The van der Waals surface area contributed by atoms with Gasteiger partial charge in [0.05, 0.1) is 37.9 Å². The van der Waals surface area contributed by atoms with E-state index in [1.165, 1.54) is 5.56 Å². The van der Waals surface area contributed by atoms with E-state index in [-0.39, 0.29) is 5.91 Å². The van der Waals surface area contributed by atoms with E-state index in [1.807, 2.05) is 54.7 Å². The van der Waals surface area contributed by atoms with Crippen LogP contribution in [0.4, 0.5) is 0 Å². The molecule has 7 nitrogen and oxygen atoms in total. The molecule has 0 radical (unpaired) electrons. The van der Waals surface area contributed by atoms with Gasteiger partial charge in [-0.25, -0.2) is 4.98 Å². The predicted octanol–water partition coefficient (Wildman–Crippen LogP) is 5.88. The quantitative estimate of drug-likeness (QED) is 0.222. The highest BCUT2D eigenvalue weighted by molar-refractivity contribution is 6.07. The Bertz CT molecular complexity index is 1590. The van der Waals surface area contributed by atoms with Crippen LogP contribution in [0.3, 0.4) is 0 Å². The first-order valence-electron chi connectivity index (χ1n) is 13.9. The van der Waals surface area contributed by atoms with Gasteiger partial charge in [-0.15, -0.1) is 0 Å². The standard InChI is InChI=1S/C33H34N4O3/c1-25-32(33(38)35-16-19-39-20-17-35)30(29-14-7-12-27-11-5-6-13-28(27)29)22-37(25)31-21-34-24-36(31)15-8-18-40-23-26-9-3-2-4-10-26/h2-7,9-14,21-22,24H,8,15-20,23H2,1H3. The smallest absolute Gasteiger partial charge is 0.256 e. The molecule has 1 saturated heterocycles. The van der Waals surface area contributed by atoms with Gasteiger partial charge in [0.25, 0.3) is 5.91 Å². The third-order valence-electron chi connectivity index (χ3n) is 7.58. The summed E-state index contributed by atoms with van der Waals surface area (Å²) in [5, 5.41) is 2.28. The van der Waals surface area contributed by atoms with Crippen molar-refractivity contribution < 1.29 is 14.3 Å². The fraction of sp³-hybridized carbons (Fsp3) is 0.273. The van der Waals surface area contributed by atoms with Crippen molar-refractivity contribution in [2.24, 2.45) is 0 Å². The van der Waals surface area contributed by atoms with Crippen LogP contribution in [-0.4, -0.2) is 57.8 Å². The minimum atomic E-state index is 0.0443. The van der Waals surface area contributed by atoms with Crippen LogP contribution in [0.1, 0.15) is 28.0 Å². The average molecular weight is 535 g/mol. The Morgan fingerprint density at radius 2 is 1.73 bits per heavy atom. The van der Waals surface area contributed by atoms with Crippen molar-refractivity contribution in [3.8, 4) is 16.9 Å². The summed E-state index contributed by atoms with van der Waals surface area (Å²) in [5.41, 5.74) is 4.80. The lowest BCUT2D eigenvalue weighted by Gasteiger charge is -2.27. The molecule has 6 rings (SSSR count). The molecule has 2 aromatic heterocycles. The summed E-state index contributed by atoms with van der Waals surface area (Å²) in [6.07, 6.45) is 6.68. The third kappa shape index (κ3) is 5.30. The van der Waals surface area contributed by atoms with Gasteiger partial charge in [-0.2, -0.15) is 0 Å². The maximum atomic E-state index is 14.0. The average Bonchev–Trinajstić information content (AvgIpc) is 3.61. The zero-order chi connectivity index (χ0) is 27.3. The maximum absolute atomic E-state index is 14.0. The van der Waals surface area contributed by atoms with Crippen molar-refractivity contribution in [2.75, 3.05) is 32.9 Å². The summed E-state index contributed by atoms with van der Waals surface area (Å²) in [4.78, 5) is 20.4. The third-order valence-corrected chi connectivity index (χ3v) is 7.58. The fourth-order valence-corrected chi connectivity index (χ4v) is 5.49. The number of benzene rings is 3. The summed E-state index contributed by atoms with van der Waals surface area (Å²) in [6.45, 7) is 6.37. The normalized spacial score (nSPS) is 13.7. The number of nitrogens with zero attached hydrogens (tertiary/aromatic N) is 4. The number of carbonyl (C=O) groups is 1. The second kappa shape index (κ2) is 11.9. The molecule has 1 aliphatic rings. The molecule has 40 heavy (non-hydrogen) atoms. The lowest BCUT2D eigenvalue weighted by molar-refractivity contribution is 0.0303. The molecule has 0 aliphatic carbocycles. The molecule has 1 fully saturated rings. The minimum Gasteiger partial charge on any atom is -0.378 e. The van der Waals surface area contributed by atoms with E-state index < -0.39 is 0 Å². The van der Waals surface area contributed by atoms with Crippen LogP contribution in [0.25, 0.3) is 27.7 Å². The molecule has 1 aliphatic heterocycles. The van der Waals surface area contributed by atoms with E-state index in [0.29, 0.717) is 39.5 Å². The fourth-order valence-electron chi connectivity index (χ4n) is 5.49. The number of aryl methyl sites for hydroxylation is 1. The Kier molecular flexibility index (Phi) is 7.75. The molecule has 204 valence electrons. The first-order chi connectivity index (χ1) is 19.7. The molecule has 7 heteroatoms. The Hall–Kier alpha value is -4.20. The summed E-state index contributed by atoms with van der Waals surface area (Å²) >= 11 is 0. The molecule has 5 aromatic rings. The molecule has 0 N–H and O–H groups in total. The van der Waals surface area contributed by atoms with E-state index in [4.69, 9.17) is 9.47 Å². The summed E-state index contributed by atoms with van der Waals surface area (Å²) < 4.78 is 15.7. The zero-order valence-corrected chi connectivity index (χ0v) is 22.8. The largest absolute Gasteiger partial charge is 0.378 e. The van der Waals surface area contributed by atoms with Gasteiger partial charge in [-0.05, 0) is 35.2 Å². The lowest BCUT2D eigenvalue weighted by Crippen LogP contribution is -2.41. The highest BCUT2D eigenvalue weighted by atomic mass is 16.5. The number of hydrogen-bond acceptors (Lipinski definition) is 4. The van der Waals surface area contributed by atoms with Gasteiger partial charge >= 0.3 is 0 Å². The number of carbonyl (C=O) groups excluding carboxylic acids is 1. The zero-order valence-electron chi connectivity index (χ0n) is 22.8. The summed E-state index contributed by atoms with van der Waals surface area (Å²) in [6, 6.07) is 24.8. The highest BCUT2D eigenvalue weighted by Gasteiger charge is 2.28. The minimum absolute atomic E-state index is 0.0443. The first-order valence-corrected chi connectivity index (χ1v) is 13.9. The van der Waals surface area contributed by atoms with E-state index in [1.54, 1.807) is 0 Å². The number of imidazole rings is 1. The Balaban J connectivity index is 1.31. The number of fused-ring (bicyclic) bond motifs is 1. The number of hydrogen-bond donors (Lipinski definition) is 0. The molecule has 3 aromatic carbocycles. The number of ether oxygens (including phenoxy) is 2. The molecule has 3 heterocycles. The van der Waals surface area contributed by atoms with Crippen LogP contribution in [0, 0.1) is 6.92 Å². The number of aromatic nitrogens is 3. The predicted molar refractivity (Wildman–Crippen MR) is 157 cm³/mol. The Labute approximate surface area is 234 Å². The van der Waals surface area contributed by atoms with Gasteiger partial charge < -0.3 is 23.5 Å². The molecule has 0 atom stereocenters. The van der Waals surface area contributed by atoms with Gasteiger partial charge in [0, 0.05) is 43.7 Å². The van der Waals surface area contributed by atoms with Crippen molar-refractivity contribution in [3.05, 3.63) is 108 Å². The van der Waals surface area contributed by atoms with Crippen molar-refractivity contribution in [1.29, 1.82) is 0 Å². The van der Waals surface area contributed by atoms with E-state index in [0.717, 1.165) is 51.9 Å². The van der Waals surface area contributed by atoms with Crippen LogP contribution in [0.2, 0.25) is 0 Å². The van der Waals surface area contributed by atoms with Crippen LogP contribution >= 0.6 is 0 Å². The van der Waals surface area contributed by atoms with Gasteiger partial charge in [0.1, 0.15) is 5.82 Å². The van der Waals surface area contributed by atoms with Gasteiger partial charge in [-0.3, -0.25) is 4.79 Å². The van der Waals surface area contributed by atoms with E-state index >= 15 is 0 Å². The van der Waals surface area contributed by atoms with Crippen LogP contribution < -0.4 is 0 Å². The molecule has 0 bridgehead atoms. The Morgan fingerprint density at radius 1 is 0.950 bits per heavy atom. The van der Waals surface area contributed by atoms with Crippen molar-refractivity contribution in [1.82, 2.24) is 19.0 Å². The van der Waals surface area contributed by atoms with Crippen molar-refractivity contribution in [2.45, 2.75) is 26.5 Å². The molecule has 0 saturated carbocycles. The van der Waals surface area contributed by atoms with E-state index in [2.05, 4.69) is 62.8 Å². The molecule has 1 amide bonds. The van der Waals surface area contributed by atoms with Crippen LogP contribution in [0.15, 0.2) is 91.5 Å². The summed E-state index contributed by atoms with van der Waals surface area (Å²) in [7, 11) is 0. The number of rotatable bonds is 9. The summed E-state index contributed by atoms with van der Waals surface area (Å²) in [5.74, 6) is 0.978. The second-order valence-corrected chi connectivity index (χ2v) is 10.1. The number of amides is 1. The highest BCUT2D eigenvalue weighted by Crippen LogP contribution is 2.35. The molecular formula is C33H34N4O3. The van der Waals surface area contributed by atoms with E-state index in [9.17, 15) is 4.79 Å². The molecular weight excluding hydrogens is 500 g/mol. The van der Waals surface area contributed by atoms with Crippen LogP contribution in [0.5, 0.6) is 0 Å². The molecule has 0 unspecified atom stereocenters. The van der Waals surface area contributed by atoms with Crippen molar-refractivity contribution in [3.63, 3.8) is 0 Å². The Morgan fingerprint density at radius 3 is 2.58 bits per heavy atom. The second-order valence-electron chi connectivity index (χ2n) is 10.1. The first kappa shape index (κ1) is 26.0. The van der Waals surface area contributed by atoms with Gasteiger partial charge in [-0.1, -0.05) is 72.8 Å². The van der Waals surface area contributed by atoms with Crippen LogP contribution in [-0.2, 0) is 22.6 Å². The number of morpholine rings is 1. The van der Waals surface area contributed by atoms with Gasteiger partial charge in [0.2, 0.25) is 0 Å². The SMILES string of the molecule is Cc1c(C(=O)N2CCOCC2)c(-c2cccc3ccccc23)cn1-c1cncn1CCCOCc1ccccc1. The topological polar surface area (TPSA) is 61.5 Å². The lowest BCUT2D eigenvalue weighted by atomic mass is 9.96. The van der Waals surface area contributed by atoms with Crippen molar-refractivity contribution >= 4 is 16.7 Å². The molecule has 0 spiro atoms.